The molecule has 182 valence electrons. The van der Waals surface area contributed by atoms with Crippen molar-refractivity contribution in [1.29, 1.82) is 0 Å². The lowest BCUT2D eigenvalue weighted by molar-refractivity contribution is -0.274. The molecule has 0 aliphatic rings. The molecule has 0 saturated carbocycles. The summed E-state index contributed by atoms with van der Waals surface area (Å²) in [5.41, 5.74) is 1.95. The second kappa shape index (κ2) is 10.2. The van der Waals surface area contributed by atoms with Gasteiger partial charge in [-0.25, -0.2) is 4.39 Å². The predicted octanol–water partition coefficient (Wildman–Crippen LogP) is 4.97. The molecule has 7 nitrogen and oxygen atoms in total. The zero-order valence-corrected chi connectivity index (χ0v) is 19.1. The number of hydrogen-bond acceptors (Lipinski definition) is 5. The molecule has 0 unspecified atom stereocenters. The van der Waals surface area contributed by atoms with Gasteiger partial charge in [-0.05, 0) is 60.7 Å². The van der Waals surface area contributed by atoms with E-state index in [-0.39, 0.29) is 17.3 Å². The summed E-state index contributed by atoms with van der Waals surface area (Å²) in [6, 6.07) is 14.6. The van der Waals surface area contributed by atoms with Crippen LogP contribution in [0.4, 0.5) is 23.2 Å². The summed E-state index contributed by atoms with van der Waals surface area (Å²) in [7, 11) is 1.91. The topological polar surface area (TPSA) is 74.0 Å². The van der Waals surface area contributed by atoms with E-state index in [2.05, 4.69) is 20.3 Å². The first kappa shape index (κ1) is 24.3. The molecule has 0 atom stereocenters. The zero-order chi connectivity index (χ0) is 25.0. The molecule has 0 fully saturated rings. The van der Waals surface area contributed by atoms with Gasteiger partial charge in [-0.15, -0.1) is 23.4 Å². The van der Waals surface area contributed by atoms with Gasteiger partial charge in [-0.3, -0.25) is 9.36 Å². The lowest BCUT2D eigenvalue weighted by atomic mass is 10.2. The minimum Gasteiger partial charge on any atom is -0.406 e. The van der Waals surface area contributed by atoms with Gasteiger partial charge < -0.3 is 14.6 Å². The van der Waals surface area contributed by atoms with E-state index in [1.165, 1.54) is 24.3 Å². The number of hydrogen-bond donors (Lipinski definition) is 1. The van der Waals surface area contributed by atoms with Gasteiger partial charge in [0.2, 0.25) is 5.91 Å². The third kappa shape index (κ3) is 6.41. The molecular weight excluding hydrogens is 486 g/mol. The van der Waals surface area contributed by atoms with Gasteiger partial charge in [0.15, 0.2) is 5.16 Å². The number of amides is 1. The number of thioether (sulfide) groups is 1. The van der Waals surface area contributed by atoms with Crippen LogP contribution in [0.2, 0.25) is 0 Å². The maximum absolute atomic E-state index is 13.5. The van der Waals surface area contributed by atoms with Gasteiger partial charge >= 0.3 is 6.36 Å². The van der Waals surface area contributed by atoms with E-state index in [0.717, 1.165) is 29.6 Å². The minimum atomic E-state index is -4.79. The number of rotatable bonds is 8. The summed E-state index contributed by atoms with van der Waals surface area (Å²) in [6.45, 7) is 0. The van der Waals surface area contributed by atoms with Crippen LogP contribution in [-0.2, 0) is 18.3 Å². The van der Waals surface area contributed by atoms with E-state index in [4.69, 9.17) is 0 Å². The van der Waals surface area contributed by atoms with Crippen molar-refractivity contribution >= 4 is 23.4 Å². The molecule has 2 heterocycles. The predicted molar refractivity (Wildman–Crippen MR) is 122 cm³/mol. The number of halogens is 4. The number of nitrogens with one attached hydrogen (secondary N) is 1. The first-order valence-electron chi connectivity index (χ1n) is 10.3. The van der Waals surface area contributed by atoms with Gasteiger partial charge in [0.25, 0.3) is 0 Å². The molecule has 0 bridgehead atoms. The highest BCUT2D eigenvalue weighted by atomic mass is 32.2. The lowest BCUT2D eigenvalue weighted by Crippen LogP contribution is -2.17. The molecule has 0 radical (unpaired) electrons. The van der Waals surface area contributed by atoms with Gasteiger partial charge in [0.05, 0.1) is 5.75 Å². The van der Waals surface area contributed by atoms with E-state index in [0.29, 0.717) is 28.8 Å². The van der Waals surface area contributed by atoms with Crippen LogP contribution in [0.1, 0.15) is 11.5 Å². The third-order valence-electron chi connectivity index (χ3n) is 4.88. The monoisotopic (exact) mass is 505 g/mol. The number of nitrogens with zero attached hydrogens (tertiary/aromatic N) is 4. The van der Waals surface area contributed by atoms with Crippen molar-refractivity contribution in [3.8, 4) is 11.4 Å². The summed E-state index contributed by atoms with van der Waals surface area (Å²) < 4.78 is 57.9. The first-order chi connectivity index (χ1) is 16.7. The number of carbonyl (C=O) groups is 1. The molecule has 0 spiro atoms. The molecule has 2 aromatic heterocycles. The number of alkyl halides is 3. The molecule has 4 aromatic rings. The fourth-order valence-corrected chi connectivity index (χ4v) is 4.04. The van der Waals surface area contributed by atoms with Crippen molar-refractivity contribution in [2.24, 2.45) is 7.05 Å². The van der Waals surface area contributed by atoms with Crippen molar-refractivity contribution in [2.45, 2.75) is 17.9 Å². The van der Waals surface area contributed by atoms with E-state index >= 15 is 0 Å². The number of carbonyl (C=O) groups excluding carboxylic acids is 1. The van der Waals surface area contributed by atoms with E-state index in [9.17, 15) is 22.4 Å². The normalized spacial score (nSPS) is 11.5. The van der Waals surface area contributed by atoms with Crippen LogP contribution in [0.5, 0.6) is 5.75 Å². The summed E-state index contributed by atoms with van der Waals surface area (Å²) in [5.74, 6) is -0.586. The maximum Gasteiger partial charge on any atom is 0.573 e. The van der Waals surface area contributed by atoms with Crippen LogP contribution in [0.15, 0.2) is 72.0 Å². The fourth-order valence-electron chi connectivity index (χ4n) is 3.27. The standard InChI is InChI=1S/C23H19F4N5O2S/c1-31-12-2-3-18(31)13-20-29-30-22(32(20)17-8-4-15(24)5-9-17)35-14-21(33)28-16-6-10-19(11-7-16)34-23(25,26)27/h2-12H,13-14H2,1H3,(H,28,33). The average Bonchev–Trinajstić information content (AvgIpc) is 3.39. The van der Waals surface area contributed by atoms with Crippen LogP contribution in [0, 0.1) is 5.82 Å². The molecule has 0 aliphatic heterocycles. The van der Waals surface area contributed by atoms with Gasteiger partial charge in [-0.1, -0.05) is 11.8 Å². The van der Waals surface area contributed by atoms with Gasteiger partial charge in [0, 0.05) is 36.7 Å². The Labute approximate surface area is 201 Å². The molecular formula is C23H19F4N5O2S. The summed E-state index contributed by atoms with van der Waals surface area (Å²) >= 11 is 1.13. The van der Waals surface area contributed by atoms with Gasteiger partial charge in [-0.2, -0.15) is 0 Å². The van der Waals surface area contributed by atoms with Crippen molar-refractivity contribution in [1.82, 2.24) is 19.3 Å². The van der Waals surface area contributed by atoms with E-state index < -0.39 is 12.3 Å². The lowest BCUT2D eigenvalue weighted by Gasteiger charge is -2.11. The Morgan fingerprint density at radius 2 is 1.77 bits per heavy atom. The van der Waals surface area contributed by atoms with E-state index in [1.54, 1.807) is 16.7 Å². The Morgan fingerprint density at radius 1 is 1.06 bits per heavy atom. The zero-order valence-electron chi connectivity index (χ0n) is 18.3. The second-order valence-electron chi connectivity index (χ2n) is 7.41. The largest absolute Gasteiger partial charge is 0.573 e. The molecule has 1 N–H and O–H groups in total. The third-order valence-corrected chi connectivity index (χ3v) is 5.81. The Balaban J connectivity index is 1.47. The second-order valence-corrected chi connectivity index (χ2v) is 8.35. The van der Waals surface area contributed by atoms with Gasteiger partial charge in [0.1, 0.15) is 17.4 Å². The highest BCUT2D eigenvalue weighted by Crippen LogP contribution is 2.26. The number of aromatic nitrogens is 4. The number of anilines is 1. The highest BCUT2D eigenvalue weighted by molar-refractivity contribution is 7.99. The number of benzene rings is 2. The van der Waals surface area contributed by atoms with Crippen LogP contribution >= 0.6 is 11.8 Å². The van der Waals surface area contributed by atoms with Crippen LogP contribution in [-0.4, -0.2) is 37.4 Å². The Kier molecular flexibility index (Phi) is 7.10. The summed E-state index contributed by atoms with van der Waals surface area (Å²) in [4.78, 5) is 12.4. The average molecular weight is 505 g/mol. The Hall–Kier alpha value is -3.80. The minimum absolute atomic E-state index is 0.0374. The maximum atomic E-state index is 13.5. The Morgan fingerprint density at radius 3 is 2.40 bits per heavy atom. The molecule has 0 aliphatic carbocycles. The number of ether oxygens (including phenoxy) is 1. The molecule has 1 amide bonds. The smallest absolute Gasteiger partial charge is 0.406 e. The number of aryl methyl sites for hydroxylation is 1. The van der Waals surface area contributed by atoms with Crippen LogP contribution in [0.25, 0.3) is 5.69 Å². The molecule has 12 heteroatoms. The Bertz CT molecular complexity index is 1300. The summed E-state index contributed by atoms with van der Waals surface area (Å²) in [5, 5.41) is 11.5. The highest BCUT2D eigenvalue weighted by Gasteiger charge is 2.31. The van der Waals surface area contributed by atoms with Crippen molar-refractivity contribution in [2.75, 3.05) is 11.1 Å². The SMILES string of the molecule is Cn1cccc1Cc1nnc(SCC(=O)Nc2ccc(OC(F)(F)F)cc2)n1-c1ccc(F)cc1. The van der Waals surface area contributed by atoms with Crippen LogP contribution in [0.3, 0.4) is 0 Å². The van der Waals surface area contributed by atoms with Crippen molar-refractivity contribution in [3.05, 3.63) is 84.2 Å². The summed E-state index contributed by atoms with van der Waals surface area (Å²) in [6.07, 6.45) is -2.41. The molecule has 0 saturated heterocycles. The first-order valence-corrected chi connectivity index (χ1v) is 11.3. The fraction of sp³-hybridized carbons (Fsp3) is 0.174. The molecule has 4 rings (SSSR count). The van der Waals surface area contributed by atoms with E-state index in [1.807, 2.05) is 29.9 Å². The van der Waals surface area contributed by atoms with Crippen LogP contribution < -0.4 is 10.1 Å². The molecule has 35 heavy (non-hydrogen) atoms. The quantitative estimate of drug-likeness (QED) is 0.271. The van der Waals surface area contributed by atoms with Crippen molar-refractivity contribution in [3.63, 3.8) is 0 Å². The molecule has 2 aromatic carbocycles. The van der Waals surface area contributed by atoms with Crippen molar-refractivity contribution < 1.29 is 27.1 Å².